The number of fused-ring (bicyclic) bond motifs is 1. The lowest BCUT2D eigenvalue weighted by Gasteiger charge is -2.11. The van der Waals surface area contributed by atoms with E-state index in [1.165, 1.54) is 18.4 Å². The van der Waals surface area contributed by atoms with Crippen LogP contribution in [0, 0.1) is 6.92 Å². The van der Waals surface area contributed by atoms with Gasteiger partial charge in [0.25, 0.3) is 0 Å². The molecule has 1 aromatic heterocycles. The van der Waals surface area contributed by atoms with Crippen LogP contribution in [0.15, 0.2) is 28.7 Å². The summed E-state index contributed by atoms with van der Waals surface area (Å²) in [7, 11) is 0. The Morgan fingerprint density at radius 3 is 3.05 bits per heavy atom. The van der Waals surface area contributed by atoms with E-state index in [0.29, 0.717) is 11.9 Å². The molecule has 1 aliphatic rings. The van der Waals surface area contributed by atoms with Crippen molar-refractivity contribution < 1.29 is 14.3 Å². The van der Waals surface area contributed by atoms with Crippen LogP contribution in [0.1, 0.15) is 49.5 Å². The highest BCUT2D eigenvalue weighted by Gasteiger charge is 2.17. The van der Waals surface area contributed by atoms with E-state index in [2.05, 4.69) is 13.0 Å². The number of benzene rings is 1. The molecule has 2 atom stereocenters. The maximum absolute atomic E-state index is 10.2. The number of hydrogen-bond donors (Lipinski definition) is 1. The molecule has 3 nitrogen and oxygen atoms in total. The van der Waals surface area contributed by atoms with Crippen LogP contribution in [0.5, 0.6) is 0 Å². The molecule has 0 saturated carbocycles. The first kappa shape index (κ1) is 13.7. The summed E-state index contributed by atoms with van der Waals surface area (Å²) in [5, 5.41) is 11.3. The third-order valence-corrected chi connectivity index (χ3v) is 4.05. The van der Waals surface area contributed by atoms with Crippen LogP contribution < -0.4 is 0 Å². The average molecular weight is 274 g/mol. The minimum atomic E-state index is -0.510. The van der Waals surface area contributed by atoms with Gasteiger partial charge < -0.3 is 14.3 Å². The minimum Gasteiger partial charge on any atom is -0.458 e. The zero-order valence-corrected chi connectivity index (χ0v) is 12.0. The van der Waals surface area contributed by atoms with E-state index >= 15 is 0 Å². The lowest BCUT2D eigenvalue weighted by atomic mass is 10.1. The first-order chi connectivity index (χ1) is 9.72. The molecule has 2 aromatic rings. The Balaban J connectivity index is 1.58. The molecule has 0 spiro atoms. The molecule has 3 rings (SSSR count). The van der Waals surface area contributed by atoms with Gasteiger partial charge in [-0.1, -0.05) is 11.6 Å². The number of aryl methyl sites for hydroxylation is 1. The molecule has 1 aromatic carbocycles. The molecule has 0 radical (unpaired) electrons. The summed E-state index contributed by atoms with van der Waals surface area (Å²) < 4.78 is 11.3. The van der Waals surface area contributed by atoms with E-state index in [1.54, 1.807) is 0 Å². The Kier molecular flexibility index (Phi) is 4.08. The average Bonchev–Trinajstić information content (AvgIpc) is 3.06. The Bertz CT molecular complexity index is 567. The third-order valence-electron chi connectivity index (χ3n) is 4.05. The van der Waals surface area contributed by atoms with E-state index in [-0.39, 0.29) is 0 Å². The van der Waals surface area contributed by atoms with Gasteiger partial charge in [0.15, 0.2) is 0 Å². The lowest BCUT2D eigenvalue weighted by Crippen LogP contribution is -2.05. The Labute approximate surface area is 119 Å². The first-order valence-corrected chi connectivity index (χ1v) is 7.52. The molecule has 0 amide bonds. The maximum Gasteiger partial charge on any atom is 0.134 e. The van der Waals surface area contributed by atoms with Crippen molar-refractivity contribution in [2.75, 3.05) is 6.61 Å². The van der Waals surface area contributed by atoms with Crippen LogP contribution in [0.3, 0.4) is 0 Å². The molecule has 3 heteroatoms. The highest BCUT2D eigenvalue weighted by Crippen LogP contribution is 2.28. The first-order valence-electron chi connectivity index (χ1n) is 7.52. The molecule has 1 N–H and O–H groups in total. The van der Waals surface area contributed by atoms with Crippen LogP contribution in [-0.4, -0.2) is 17.8 Å². The van der Waals surface area contributed by atoms with Gasteiger partial charge in [0.1, 0.15) is 17.4 Å². The van der Waals surface area contributed by atoms with Crippen LogP contribution in [-0.2, 0) is 4.74 Å². The van der Waals surface area contributed by atoms with Crippen LogP contribution in [0.4, 0.5) is 0 Å². The number of furan rings is 1. The number of rotatable bonds is 5. The second-order valence-electron chi connectivity index (χ2n) is 5.77. The fourth-order valence-corrected chi connectivity index (χ4v) is 2.90. The van der Waals surface area contributed by atoms with Gasteiger partial charge in [0.2, 0.25) is 0 Å². The molecule has 0 bridgehead atoms. The standard InChI is InChI=1S/C17H22O3/c1-12-7-8-16-13(10-12)11-17(20-16)15(18)6-2-4-14-5-3-9-19-14/h7-8,10-11,14-15,18H,2-6,9H2,1H3. The van der Waals surface area contributed by atoms with Gasteiger partial charge in [0.05, 0.1) is 6.10 Å². The topological polar surface area (TPSA) is 42.6 Å². The zero-order valence-electron chi connectivity index (χ0n) is 12.0. The second-order valence-corrected chi connectivity index (χ2v) is 5.77. The number of aliphatic hydroxyl groups excluding tert-OH is 1. The molecule has 108 valence electrons. The van der Waals surface area contributed by atoms with Gasteiger partial charge in [0, 0.05) is 12.0 Å². The quantitative estimate of drug-likeness (QED) is 0.891. The number of ether oxygens (including phenoxy) is 1. The van der Waals surface area contributed by atoms with Gasteiger partial charge in [-0.3, -0.25) is 0 Å². The van der Waals surface area contributed by atoms with E-state index in [1.807, 2.05) is 18.2 Å². The molecule has 1 saturated heterocycles. The molecule has 2 unspecified atom stereocenters. The van der Waals surface area contributed by atoms with Gasteiger partial charge in [-0.15, -0.1) is 0 Å². The second kappa shape index (κ2) is 5.98. The Hall–Kier alpha value is -1.32. The lowest BCUT2D eigenvalue weighted by molar-refractivity contribution is 0.0912. The van der Waals surface area contributed by atoms with Gasteiger partial charge >= 0.3 is 0 Å². The predicted octanol–water partition coefficient (Wildman–Crippen LogP) is 4.12. The van der Waals surface area contributed by atoms with Crippen LogP contribution in [0.25, 0.3) is 11.0 Å². The van der Waals surface area contributed by atoms with Crippen LogP contribution in [0.2, 0.25) is 0 Å². The van der Waals surface area contributed by atoms with Crippen molar-refractivity contribution >= 4 is 11.0 Å². The zero-order chi connectivity index (χ0) is 13.9. The summed E-state index contributed by atoms with van der Waals surface area (Å²) in [5.74, 6) is 0.679. The highest BCUT2D eigenvalue weighted by molar-refractivity contribution is 5.78. The van der Waals surface area contributed by atoms with Gasteiger partial charge in [-0.2, -0.15) is 0 Å². The summed E-state index contributed by atoms with van der Waals surface area (Å²) in [5.41, 5.74) is 2.06. The van der Waals surface area contributed by atoms with E-state index in [0.717, 1.165) is 36.8 Å². The predicted molar refractivity (Wildman–Crippen MR) is 78.7 cm³/mol. The molecule has 20 heavy (non-hydrogen) atoms. The van der Waals surface area contributed by atoms with Gasteiger partial charge in [-0.05, 0) is 57.2 Å². The van der Waals surface area contributed by atoms with Crippen molar-refractivity contribution in [3.8, 4) is 0 Å². The summed E-state index contributed by atoms with van der Waals surface area (Å²) in [4.78, 5) is 0. The number of hydrogen-bond acceptors (Lipinski definition) is 3. The molecule has 2 heterocycles. The van der Waals surface area contributed by atoms with Crippen molar-refractivity contribution in [2.24, 2.45) is 0 Å². The Morgan fingerprint density at radius 2 is 2.25 bits per heavy atom. The van der Waals surface area contributed by atoms with Crippen molar-refractivity contribution in [2.45, 2.75) is 51.2 Å². The third kappa shape index (κ3) is 3.05. The van der Waals surface area contributed by atoms with Crippen molar-refractivity contribution in [1.82, 2.24) is 0 Å². The SMILES string of the molecule is Cc1ccc2oc(C(O)CCCC3CCCO3)cc2c1. The summed E-state index contributed by atoms with van der Waals surface area (Å²) in [6, 6.07) is 8.03. The van der Waals surface area contributed by atoms with E-state index in [9.17, 15) is 5.11 Å². The Morgan fingerprint density at radius 1 is 1.35 bits per heavy atom. The summed E-state index contributed by atoms with van der Waals surface area (Å²) in [6.45, 7) is 2.96. The largest absolute Gasteiger partial charge is 0.458 e. The fraction of sp³-hybridized carbons (Fsp3) is 0.529. The fourth-order valence-electron chi connectivity index (χ4n) is 2.90. The van der Waals surface area contributed by atoms with Crippen molar-refractivity contribution in [3.63, 3.8) is 0 Å². The molecular formula is C17H22O3. The van der Waals surface area contributed by atoms with Crippen molar-refractivity contribution in [3.05, 3.63) is 35.6 Å². The van der Waals surface area contributed by atoms with E-state index < -0.39 is 6.10 Å². The highest BCUT2D eigenvalue weighted by atomic mass is 16.5. The molecule has 1 fully saturated rings. The van der Waals surface area contributed by atoms with Crippen molar-refractivity contribution in [1.29, 1.82) is 0 Å². The molecule has 0 aliphatic carbocycles. The smallest absolute Gasteiger partial charge is 0.134 e. The summed E-state index contributed by atoms with van der Waals surface area (Å²) >= 11 is 0. The monoisotopic (exact) mass is 274 g/mol. The van der Waals surface area contributed by atoms with E-state index in [4.69, 9.17) is 9.15 Å². The number of aliphatic hydroxyl groups is 1. The molecular weight excluding hydrogens is 252 g/mol. The minimum absolute atomic E-state index is 0.403. The normalized spacial score (nSPS) is 20.6. The molecule has 1 aliphatic heterocycles. The van der Waals surface area contributed by atoms with Crippen LogP contribution >= 0.6 is 0 Å². The van der Waals surface area contributed by atoms with Gasteiger partial charge in [-0.25, -0.2) is 0 Å². The summed E-state index contributed by atoms with van der Waals surface area (Å²) in [6.07, 6.45) is 4.98. The maximum atomic E-state index is 10.2.